The van der Waals surface area contributed by atoms with Crippen LogP contribution in [0.5, 0.6) is 0 Å². The average Bonchev–Trinajstić information content (AvgIpc) is 2.77. The monoisotopic (exact) mass is 470 g/mol. The number of nitrogens with one attached hydrogen (secondary N) is 1. The molecule has 0 aliphatic heterocycles. The molecule has 2 rings (SSSR count). The molecule has 0 atom stereocenters. The molecule has 9 heteroatoms. The van der Waals surface area contributed by atoms with Gasteiger partial charge < -0.3 is 24.8 Å². The molecule has 0 radical (unpaired) electrons. The Bertz CT molecular complexity index is 943. The highest BCUT2D eigenvalue weighted by Gasteiger charge is 2.19. The first kappa shape index (κ1) is 27.0. The van der Waals surface area contributed by atoms with Gasteiger partial charge in [0, 0.05) is 53.0 Å². The predicted octanol–water partition coefficient (Wildman–Crippen LogP) is 3.66. The van der Waals surface area contributed by atoms with E-state index >= 15 is 0 Å². The third kappa shape index (κ3) is 8.62. The molecule has 0 bridgehead atoms. The molecule has 0 spiro atoms. The van der Waals surface area contributed by atoms with Crippen LogP contribution in [0.1, 0.15) is 49.2 Å². The first-order chi connectivity index (χ1) is 16.0. The van der Waals surface area contributed by atoms with E-state index in [9.17, 15) is 9.59 Å². The largest absolute Gasteiger partial charge is 0.444 e. The summed E-state index contributed by atoms with van der Waals surface area (Å²) >= 11 is 0. The summed E-state index contributed by atoms with van der Waals surface area (Å²) in [5, 5.41) is 3.08. The molecule has 34 heavy (non-hydrogen) atoms. The summed E-state index contributed by atoms with van der Waals surface area (Å²) in [5.74, 6) is 1.13. The highest BCUT2D eigenvalue weighted by Crippen LogP contribution is 2.17. The van der Waals surface area contributed by atoms with E-state index in [1.54, 1.807) is 18.1 Å². The van der Waals surface area contributed by atoms with Crippen LogP contribution in [0.4, 0.5) is 16.6 Å². The van der Waals surface area contributed by atoms with Crippen LogP contribution in [-0.4, -0.2) is 78.5 Å². The minimum atomic E-state index is -0.509. The first-order valence-corrected chi connectivity index (χ1v) is 11.5. The minimum absolute atomic E-state index is 0.334. The van der Waals surface area contributed by atoms with Crippen molar-refractivity contribution in [3.8, 4) is 0 Å². The SMILES string of the molecule is CCNc1ncc(C=O)c(N(C)CCN(C)Cc2ccc(CN(C)C(=O)OC(C)(C)C)cc2)n1. The van der Waals surface area contributed by atoms with Crippen LogP contribution in [0.2, 0.25) is 0 Å². The molecule has 0 unspecified atom stereocenters. The smallest absolute Gasteiger partial charge is 0.410 e. The van der Waals surface area contributed by atoms with E-state index in [1.165, 1.54) is 5.56 Å². The zero-order valence-corrected chi connectivity index (χ0v) is 21.5. The molecule has 2 aromatic rings. The molecule has 1 aromatic heterocycles. The van der Waals surface area contributed by atoms with Gasteiger partial charge in [-0.05, 0) is 45.9 Å². The molecule has 0 aliphatic carbocycles. The summed E-state index contributed by atoms with van der Waals surface area (Å²) in [6.45, 7) is 11.0. The fraction of sp³-hybridized carbons (Fsp3) is 0.520. The van der Waals surface area contributed by atoms with E-state index in [0.717, 1.165) is 24.9 Å². The van der Waals surface area contributed by atoms with Crippen molar-refractivity contribution in [2.24, 2.45) is 0 Å². The molecular weight excluding hydrogens is 432 g/mol. The van der Waals surface area contributed by atoms with Gasteiger partial charge in [-0.1, -0.05) is 24.3 Å². The lowest BCUT2D eigenvalue weighted by Gasteiger charge is -2.25. The van der Waals surface area contributed by atoms with Gasteiger partial charge in [-0.2, -0.15) is 4.98 Å². The number of nitrogens with zero attached hydrogens (tertiary/aromatic N) is 5. The number of aromatic nitrogens is 2. The second-order valence-electron chi connectivity index (χ2n) is 9.43. The number of likely N-dealkylation sites (N-methyl/N-ethyl adjacent to an activating group) is 2. The zero-order chi connectivity index (χ0) is 25.3. The van der Waals surface area contributed by atoms with E-state index in [-0.39, 0.29) is 6.09 Å². The van der Waals surface area contributed by atoms with Crippen molar-refractivity contribution < 1.29 is 14.3 Å². The number of amides is 1. The topological polar surface area (TPSA) is 90.9 Å². The Labute approximate surface area is 203 Å². The number of aldehydes is 1. The normalized spacial score (nSPS) is 11.3. The molecule has 1 N–H and O–H groups in total. The van der Waals surface area contributed by atoms with Crippen LogP contribution in [0.15, 0.2) is 30.5 Å². The molecule has 1 aromatic carbocycles. The number of rotatable bonds is 11. The summed E-state index contributed by atoms with van der Waals surface area (Å²) in [7, 11) is 5.72. The highest BCUT2D eigenvalue weighted by molar-refractivity contribution is 5.82. The van der Waals surface area contributed by atoms with Gasteiger partial charge >= 0.3 is 6.09 Å². The number of hydrogen-bond acceptors (Lipinski definition) is 8. The van der Waals surface area contributed by atoms with Gasteiger partial charge in [-0.15, -0.1) is 0 Å². The van der Waals surface area contributed by atoms with Gasteiger partial charge in [-0.25, -0.2) is 9.78 Å². The van der Waals surface area contributed by atoms with Gasteiger partial charge in [-0.3, -0.25) is 4.79 Å². The third-order valence-electron chi connectivity index (χ3n) is 5.04. The lowest BCUT2D eigenvalue weighted by Crippen LogP contribution is -2.33. The summed E-state index contributed by atoms with van der Waals surface area (Å²) < 4.78 is 5.40. The number of anilines is 2. The Morgan fingerprint density at radius 1 is 1.06 bits per heavy atom. The second-order valence-corrected chi connectivity index (χ2v) is 9.43. The van der Waals surface area contributed by atoms with Gasteiger partial charge in [0.25, 0.3) is 0 Å². The van der Waals surface area contributed by atoms with Crippen molar-refractivity contribution in [1.82, 2.24) is 19.8 Å². The molecule has 0 aliphatic rings. The maximum absolute atomic E-state index is 12.2. The molecule has 0 fully saturated rings. The minimum Gasteiger partial charge on any atom is -0.444 e. The molecular formula is C25H38N6O3. The summed E-state index contributed by atoms with van der Waals surface area (Å²) in [6, 6.07) is 8.23. The summed E-state index contributed by atoms with van der Waals surface area (Å²) in [5.41, 5.74) is 2.18. The van der Waals surface area contributed by atoms with Crippen molar-refractivity contribution in [2.45, 2.75) is 46.4 Å². The first-order valence-electron chi connectivity index (χ1n) is 11.5. The lowest BCUT2D eigenvalue weighted by molar-refractivity contribution is 0.0285. The van der Waals surface area contributed by atoms with Crippen molar-refractivity contribution in [1.29, 1.82) is 0 Å². The molecule has 186 valence electrons. The second kappa shape index (κ2) is 12.3. The summed E-state index contributed by atoms with van der Waals surface area (Å²) in [4.78, 5) is 38.0. The standard InChI is InChI=1S/C25H38N6O3/c1-8-26-23-27-15-21(18-32)22(28-23)30(6)14-13-29(5)16-19-9-11-20(12-10-19)17-31(7)24(33)34-25(2,3)4/h9-12,15,18H,8,13-14,16-17H2,1-7H3,(H,26,27,28). The van der Waals surface area contributed by atoms with Gasteiger partial charge in [0.2, 0.25) is 5.95 Å². The Balaban J connectivity index is 1.88. The van der Waals surface area contributed by atoms with Crippen molar-refractivity contribution >= 4 is 24.1 Å². The van der Waals surface area contributed by atoms with Gasteiger partial charge in [0.15, 0.2) is 6.29 Å². The van der Waals surface area contributed by atoms with Crippen molar-refractivity contribution in [2.75, 3.05) is 51.0 Å². The average molecular weight is 471 g/mol. The van der Waals surface area contributed by atoms with Crippen LogP contribution in [-0.2, 0) is 17.8 Å². The fourth-order valence-electron chi connectivity index (χ4n) is 3.26. The molecule has 1 heterocycles. The van der Waals surface area contributed by atoms with E-state index in [1.807, 2.05) is 51.8 Å². The third-order valence-corrected chi connectivity index (χ3v) is 5.04. The lowest BCUT2D eigenvalue weighted by atomic mass is 10.1. The van der Waals surface area contributed by atoms with Gasteiger partial charge in [0.1, 0.15) is 11.4 Å². The van der Waals surface area contributed by atoms with E-state index in [0.29, 0.717) is 37.0 Å². The van der Waals surface area contributed by atoms with E-state index < -0.39 is 5.60 Å². The number of benzene rings is 1. The van der Waals surface area contributed by atoms with E-state index in [4.69, 9.17) is 4.74 Å². The maximum Gasteiger partial charge on any atom is 0.410 e. The quantitative estimate of drug-likeness (QED) is 0.498. The zero-order valence-electron chi connectivity index (χ0n) is 21.5. The number of ether oxygens (including phenoxy) is 1. The molecule has 1 amide bonds. The number of hydrogen-bond donors (Lipinski definition) is 1. The Kier molecular flexibility index (Phi) is 9.80. The van der Waals surface area contributed by atoms with E-state index in [2.05, 4.69) is 39.4 Å². The predicted molar refractivity (Wildman–Crippen MR) is 135 cm³/mol. The van der Waals surface area contributed by atoms with Gasteiger partial charge in [0.05, 0.1) is 5.56 Å². The number of carbonyl (C=O) groups is 2. The molecule has 0 saturated heterocycles. The fourth-order valence-corrected chi connectivity index (χ4v) is 3.26. The Morgan fingerprint density at radius 2 is 1.68 bits per heavy atom. The van der Waals surface area contributed by atoms with Crippen molar-refractivity contribution in [3.63, 3.8) is 0 Å². The van der Waals surface area contributed by atoms with Crippen LogP contribution in [0.3, 0.4) is 0 Å². The molecule has 0 saturated carbocycles. The van der Waals surface area contributed by atoms with Crippen LogP contribution in [0, 0.1) is 0 Å². The number of carbonyl (C=O) groups excluding carboxylic acids is 2. The highest BCUT2D eigenvalue weighted by atomic mass is 16.6. The van der Waals surface area contributed by atoms with Crippen LogP contribution >= 0.6 is 0 Å². The molecule has 9 nitrogen and oxygen atoms in total. The van der Waals surface area contributed by atoms with Crippen molar-refractivity contribution in [3.05, 3.63) is 47.2 Å². The Morgan fingerprint density at radius 3 is 2.24 bits per heavy atom. The van der Waals surface area contributed by atoms with Crippen LogP contribution < -0.4 is 10.2 Å². The van der Waals surface area contributed by atoms with Crippen LogP contribution in [0.25, 0.3) is 0 Å². The summed E-state index contributed by atoms with van der Waals surface area (Å²) in [6.07, 6.45) is 2.00. The maximum atomic E-state index is 12.2. The Hall–Kier alpha value is -3.20.